The van der Waals surface area contributed by atoms with E-state index in [1.165, 1.54) is 0 Å². The molecule has 0 bridgehead atoms. The number of carbonyl (C=O) groups excluding carboxylic acids is 1. The fourth-order valence-corrected chi connectivity index (χ4v) is 3.41. The number of rotatable bonds is 4. The monoisotopic (exact) mass is 309 g/mol. The van der Waals surface area contributed by atoms with Crippen molar-refractivity contribution in [2.45, 2.75) is 25.4 Å². The van der Waals surface area contributed by atoms with E-state index in [-0.39, 0.29) is 17.9 Å². The number of benzene rings is 2. The quantitative estimate of drug-likeness (QED) is 0.937. The van der Waals surface area contributed by atoms with Crippen molar-refractivity contribution < 1.29 is 9.90 Å². The van der Waals surface area contributed by atoms with Crippen LogP contribution in [0.15, 0.2) is 54.6 Å². The van der Waals surface area contributed by atoms with Crippen molar-refractivity contribution in [3.8, 4) is 11.1 Å². The van der Waals surface area contributed by atoms with Crippen LogP contribution in [-0.2, 0) is 0 Å². The SMILES string of the molecule is CN(CC1CCCC1O)C(=O)c1ccccc1-c1ccccc1. The van der Waals surface area contributed by atoms with Gasteiger partial charge in [0.25, 0.3) is 5.91 Å². The molecule has 0 spiro atoms. The average molecular weight is 309 g/mol. The van der Waals surface area contributed by atoms with E-state index in [9.17, 15) is 9.90 Å². The molecule has 1 N–H and O–H groups in total. The Labute approximate surface area is 137 Å². The molecule has 1 fully saturated rings. The molecule has 0 heterocycles. The normalized spacial score (nSPS) is 20.4. The summed E-state index contributed by atoms with van der Waals surface area (Å²) in [6.45, 7) is 0.614. The third-order valence-electron chi connectivity index (χ3n) is 4.72. The summed E-state index contributed by atoms with van der Waals surface area (Å²) in [5.74, 6) is 0.219. The smallest absolute Gasteiger partial charge is 0.254 e. The lowest BCUT2D eigenvalue weighted by Gasteiger charge is -2.24. The van der Waals surface area contributed by atoms with Crippen LogP contribution >= 0.6 is 0 Å². The predicted molar refractivity (Wildman–Crippen MR) is 92.2 cm³/mol. The van der Waals surface area contributed by atoms with E-state index in [4.69, 9.17) is 0 Å². The first-order valence-electron chi connectivity index (χ1n) is 8.25. The second kappa shape index (κ2) is 6.97. The zero-order valence-electron chi connectivity index (χ0n) is 13.5. The van der Waals surface area contributed by atoms with Crippen LogP contribution in [-0.4, -0.2) is 35.6 Å². The van der Waals surface area contributed by atoms with E-state index in [0.717, 1.165) is 30.4 Å². The maximum absolute atomic E-state index is 12.9. The third-order valence-corrected chi connectivity index (χ3v) is 4.72. The molecule has 3 nitrogen and oxygen atoms in total. The van der Waals surface area contributed by atoms with Crippen LogP contribution in [0.4, 0.5) is 0 Å². The first kappa shape index (κ1) is 15.8. The van der Waals surface area contributed by atoms with Gasteiger partial charge in [-0.05, 0) is 30.0 Å². The topological polar surface area (TPSA) is 40.5 Å². The summed E-state index contributed by atoms with van der Waals surface area (Å²) in [6, 6.07) is 17.7. The van der Waals surface area contributed by atoms with Gasteiger partial charge in [-0.25, -0.2) is 0 Å². The second-order valence-electron chi connectivity index (χ2n) is 6.36. The summed E-state index contributed by atoms with van der Waals surface area (Å²) < 4.78 is 0. The molecule has 3 heteroatoms. The van der Waals surface area contributed by atoms with Gasteiger partial charge in [-0.2, -0.15) is 0 Å². The molecule has 0 aromatic heterocycles. The van der Waals surface area contributed by atoms with Crippen molar-refractivity contribution in [1.82, 2.24) is 4.90 Å². The third kappa shape index (κ3) is 3.45. The number of hydrogen-bond acceptors (Lipinski definition) is 2. The molecule has 23 heavy (non-hydrogen) atoms. The minimum absolute atomic E-state index is 0.0172. The van der Waals surface area contributed by atoms with E-state index in [0.29, 0.717) is 12.1 Å². The number of aliphatic hydroxyl groups excluding tert-OH is 1. The molecule has 1 aliphatic carbocycles. The van der Waals surface area contributed by atoms with Gasteiger partial charge in [0.15, 0.2) is 0 Å². The lowest BCUT2D eigenvalue weighted by atomic mass is 9.98. The molecule has 1 saturated carbocycles. The van der Waals surface area contributed by atoms with Crippen molar-refractivity contribution in [2.24, 2.45) is 5.92 Å². The minimum atomic E-state index is -0.269. The van der Waals surface area contributed by atoms with Gasteiger partial charge in [0.05, 0.1) is 6.10 Å². The van der Waals surface area contributed by atoms with Crippen LogP contribution < -0.4 is 0 Å². The highest BCUT2D eigenvalue weighted by Crippen LogP contribution is 2.28. The van der Waals surface area contributed by atoms with Gasteiger partial charge in [-0.15, -0.1) is 0 Å². The van der Waals surface area contributed by atoms with Gasteiger partial charge in [0.1, 0.15) is 0 Å². The van der Waals surface area contributed by atoms with Crippen LogP contribution in [0.1, 0.15) is 29.6 Å². The van der Waals surface area contributed by atoms with Gasteiger partial charge in [-0.1, -0.05) is 55.0 Å². The van der Waals surface area contributed by atoms with E-state index in [1.807, 2.05) is 61.6 Å². The standard InChI is InChI=1S/C20H23NO2/c1-21(14-16-10-7-13-19(16)22)20(23)18-12-6-5-11-17(18)15-8-3-2-4-9-15/h2-6,8-9,11-12,16,19,22H,7,10,13-14H2,1H3. The van der Waals surface area contributed by atoms with Gasteiger partial charge < -0.3 is 10.0 Å². The zero-order chi connectivity index (χ0) is 16.2. The van der Waals surface area contributed by atoms with E-state index in [1.54, 1.807) is 4.90 Å². The average Bonchev–Trinajstić information content (AvgIpc) is 3.00. The minimum Gasteiger partial charge on any atom is -0.393 e. The van der Waals surface area contributed by atoms with Crippen LogP contribution in [0, 0.1) is 5.92 Å². The summed E-state index contributed by atoms with van der Waals surface area (Å²) in [5, 5.41) is 9.98. The maximum atomic E-state index is 12.9. The molecule has 2 atom stereocenters. The van der Waals surface area contributed by atoms with Crippen LogP contribution in [0.3, 0.4) is 0 Å². The summed E-state index contributed by atoms with van der Waals surface area (Å²) in [6.07, 6.45) is 2.63. The van der Waals surface area contributed by atoms with Gasteiger partial charge in [0, 0.05) is 25.1 Å². The molecule has 0 radical (unpaired) electrons. The highest BCUT2D eigenvalue weighted by Gasteiger charge is 2.28. The molecule has 0 saturated heterocycles. The highest BCUT2D eigenvalue weighted by molar-refractivity contribution is 6.00. The summed E-state index contributed by atoms with van der Waals surface area (Å²) in [7, 11) is 1.83. The Morgan fingerprint density at radius 2 is 1.78 bits per heavy atom. The summed E-state index contributed by atoms with van der Waals surface area (Å²) >= 11 is 0. The van der Waals surface area contributed by atoms with Crippen LogP contribution in [0.25, 0.3) is 11.1 Å². The number of nitrogens with zero attached hydrogens (tertiary/aromatic N) is 1. The molecule has 3 rings (SSSR count). The fourth-order valence-electron chi connectivity index (χ4n) is 3.41. The molecular weight excluding hydrogens is 286 g/mol. The van der Waals surface area contributed by atoms with Crippen molar-refractivity contribution in [1.29, 1.82) is 0 Å². The number of amides is 1. The van der Waals surface area contributed by atoms with Crippen molar-refractivity contribution in [2.75, 3.05) is 13.6 Å². The first-order chi connectivity index (χ1) is 11.2. The molecule has 120 valence electrons. The Bertz CT molecular complexity index is 668. The highest BCUT2D eigenvalue weighted by atomic mass is 16.3. The summed E-state index contributed by atoms with van der Waals surface area (Å²) in [5.41, 5.74) is 2.72. The van der Waals surface area contributed by atoms with Gasteiger partial charge in [-0.3, -0.25) is 4.79 Å². The first-order valence-corrected chi connectivity index (χ1v) is 8.25. The van der Waals surface area contributed by atoms with Crippen LogP contribution in [0.5, 0.6) is 0 Å². The fraction of sp³-hybridized carbons (Fsp3) is 0.350. The molecule has 2 unspecified atom stereocenters. The largest absolute Gasteiger partial charge is 0.393 e. The Balaban J connectivity index is 1.82. The molecule has 2 aromatic carbocycles. The number of aliphatic hydroxyl groups is 1. The molecular formula is C20H23NO2. The van der Waals surface area contributed by atoms with E-state index >= 15 is 0 Å². The van der Waals surface area contributed by atoms with Crippen LogP contribution in [0.2, 0.25) is 0 Å². The van der Waals surface area contributed by atoms with E-state index in [2.05, 4.69) is 0 Å². The predicted octanol–water partition coefficient (Wildman–Crippen LogP) is 3.59. The summed E-state index contributed by atoms with van der Waals surface area (Å²) in [4.78, 5) is 14.6. The van der Waals surface area contributed by atoms with E-state index < -0.39 is 0 Å². The van der Waals surface area contributed by atoms with Gasteiger partial charge in [0.2, 0.25) is 0 Å². The van der Waals surface area contributed by atoms with Crippen molar-refractivity contribution in [3.05, 3.63) is 60.2 Å². The molecule has 0 aliphatic heterocycles. The Hall–Kier alpha value is -2.13. The lowest BCUT2D eigenvalue weighted by molar-refractivity contribution is 0.0694. The van der Waals surface area contributed by atoms with Crippen molar-refractivity contribution >= 4 is 5.91 Å². The Kier molecular flexibility index (Phi) is 4.77. The number of hydrogen-bond donors (Lipinski definition) is 1. The molecule has 1 aliphatic rings. The lowest BCUT2D eigenvalue weighted by Crippen LogP contribution is -2.34. The zero-order valence-corrected chi connectivity index (χ0v) is 13.5. The molecule has 2 aromatic rings. The maximum Gasteiger partial charge on any atom is 0.254 e. The number of carbonyl (C=O) groups is 1. The Morgan fingerprint density at radius 1 is 1.09 bits per heavy atom. The molecule has 1 amide bonds. The Morgan fingerprint density at radius 3 is 2.48 bits per heavy atom. The second-order valence-corrected chi connectivity index (χ2v) is 6.36. The van der Waals surface area contributed by atoms with Gasteiger partial charge >= 0.3 is 0 Å². The van der Waals surface area contributed by atoms with Crippen molar-refractivity contribution in [3.63, 3.8) is 0 Å².